The first-order valence-corrected chi connectivity index (χ1v) is 6.86. The normalized spacial score (nSPS) is 10.2. The van der Waals surface area contributed by atoms with Crippen molar-refractivity contribution in [3.05, 3.63) is 0 Å². The van der Waals surface area contributed by atoms with Crippen LogP contribution in [0.5, 0.6) is 0 Å². The van der Waals surface area contributed by atoms with Crippen LogP contribution in [-0.2, 0) is 9.59 Å². The van der Waals surface area contributed by atoms with Crippen LogP contribution in [0, 0.1) is 0 Å². The summed E-state index contributed by atoms with van der Waals surface area (Å²) >= 11 is 0. The third kappa shape index (κ3) is 6.00. The fourth-order valence-electron chi connectivity index (χ4n) is 1.81. The van der Waals surface area contributed by atoms with Gasteiger partial charge in [0.25, 0.3) is 0 Å². The maximum atomic E-state index is 11.7. The summed E-state index contributed by atoms with van der Waals surface area (Å²) < 4.78 is 0. The molecule has 0 aromatic rings. The summed E-state index contributed by atoms with van der Waals surface area (Å²) in [6.07, 6.45) is 0.452. The molecule has 0 fully saturated rings. The molecule has 0 heterocycles. The van der Waals surface area contributed by atoms with E-state index in [2.05, 4.69) is 5.32 Å². The van der Waals surface area contributed by atoms with Crippen molar-refractivity contribution >= 4 is 11.8 Å². The highest BCUT2D eigenvalue weighted by Gasteiger charge is 2.11. The third-order valence-electron chi connectivity index (χ3n) is 3.02. The number of likely N-dealkylation sites (N-methyl/N-ethyl adjacent to an activating group) is 1. The van der Waals surface area contributed by atoms with Crippen molar-refractivity contribution in [3.8, 4) is 0 Å². The van der Waals surface area contributed by atoms with Gasteiger partial charge < -0.3 is 15.1 Å². The van der Waals surface area contributed by atoms with E-state index in [0.29, 0.717) is 19.5 Å². The zero-order chi connectivity index (χ0) is 14.0. The molecule has 0 saturated heterocycles. The standard InChI is InChI=1S/C13H27N3O2/c1-5-15(6-2)12(17)9-10-14-11-13(18)16(7-3)8-4/h14H,5-11H2,1-4H3. The van der Waals surface area contributed by atoms with Crippen LogP contribution in [0.2, 0.25) is 0 Å². The summed E-state index contributed by atoms with van der Waals surface area (Å²) in [5.41, 5.74) is 0. The van der Waals surface area contributed by atoms with E-state index in [1.165, 1.54) is 0 Å². The maximum absolute atomic E-state index is 11.7. The van der Waals surface area contributed by atoms with Crippen molar-refractivity contribution in [2.24, 2.45) is 0 Å². The Morgan fingerprint density at radius 1 is 0.833 bits per heavy atom. The minimum atomic E-state index is 0.0929. The van der Waals surface area contributed by atoms with Crippen LogP contribution in [0.1, 0.15) is 34.1 Å². The molecule has 0 atom stereocenters. The van der Waals surface area contributed by atoms with Crippen LogP contribution >= 0.6 is 0 Å². The van der Waals surface area contributed by atoms with E-state index in [-0.39, 0.29) is 11.8 Å². The summed E-state index contributed by atoms with van der Waals surface area (Å²) in [4.78, 5) is 26.9. The van der Waals surface area contributed by atoms with Crippen molar-refractivity contribution in [1.82, 2.24) is 15.1 Å². The Kier molecular flexibility index (Phi) is 9.28. The largest absolute Gasteiger partial charge is 0.343 e. The molecule has 0 radical (unpaired) electrons. The zero-order valence-electron chi connectivity index (χ0n) is 12.2. The zero-order valence-corrected chi connectivity index (χ0v) is 12.2. The number of nitrogens with one attached hydrogen (secondary N) is 1. The second-order valence-electron chi connectivity index (χ2n) is 4.06. The van der Waals surface area contributed by atoms with E-state index in [4.69, 9.17) is 0 Å². The van der Waals surface area contributed by atoms with Gasteiger partial charge in [-0.15, -0.1) is 0 Å². The highest BCUT2D eigenvalue weighted by Crippen LogP contribution is 1.93. The Bertz CT molecular complexity index is 223. The van der Waals surface area contributed by atoms with Crippen molar-refractivity contribution in [1.29, 1.82) is 0 Å². The van der Waals surface area contributed by atoms with Gasteiger partial charge in [0, 0.05) is 39.1 Å². The SMILES string of the molecule is CCN(CC)C(=O)CCNCC(=O)N(CC)CC. The fraction of sp³-hybridized carbons (Fsp3) is 0.846. The quantitative estimate of drug-likeness (QED) is 0.619. The average molecular weight is 257 g/mol. The summed E-state index contributed by atoms with van der Waals surface area (Å²) in [6.45, 7) is 11.7. The molecule has 0 bridgehead atoms. The molecule has 0 aliphatic carbocycles. The van der Waals surface area contributed by atoms with Gasteiger partial charge in [-0.2, -0.15) is 0 Å². The molecule has 106 valence electrons. The predicted molar refractivity (Wildman–Crippen MR) is 73.3 cm³/mol. The van der Waals surface area contributed by atoms with E-state index in [1.807, 2.05) is 27.7 Å². The van der Waals surface area contributed by atoms with E-state index in [0.717, 1.165) is 26.2 Å². The lowest BCUT2D eigenvalue weighted by Gasteiger charge is -2.20. The molecule has 0 aromatic carbocycles. The Balaban J connectivity index is 3.79. The molecular formula is C13H27N3O2. The molecule has 5 heteroatoms. The van der Waals surface area contributed by atoms with Gasteiger partial charge in [-0.05, 0) is 27.7 Å². The van der Waals surface area contributed by atoms with Crippen molar-refractivity contribution in [2.75, 3.05) is 39.3 Å². The number of rotatable bonds is 9. The molecule has 2 amide bonds. The second kappa shape index (κ2) is 9.88. The first-order chi connectivity index (χ1) is 8.60. The highest BCUT2D eigenvalue weighted by molar-refractivity contribution is 5.78. The lowest BCUT2D eigenvalue weighted by atomic mass is 10.3. The summed E-state index contributed by atoms with van der Waals surface area (Å²) in [5.74, 6) is 0.234. The van der Waals surface area contributed by atoms with Gasteiger partial charge in [0.05, 0.1) is 6.54 Å². The lowest BCUT2D eigenvalue weighted by molar-refractivity contribution is -0.132. The van der Waals surface area contributed by atoms with E-state index in [1.54, 1.807) is 9.80 Å². The Morgan fingerprint density at radius 3 is 1.72 bits per heavy atom. The van der Waals surface area contributed by atoms with E-state index < -0.39 is 0 Å². The molecule has 18 heavy (non-hydrogen) atoms. The minimum Gasteiger partial charge on any atom is -0.343 e. The number of amides is 2. The summed E-state index contributed by atoms with van der Waals surface area (Å²) in [7, 11) is 0. The predicted octanol–water partition coefficient (Wildman–Crippen LogP) is 0.703. The molecule has 5 nitrogen and oxygen atoms in total. The molecule has 0 aliphatic heterocycles. The van der Waals surface area contributed by atoms with E-state index in [9.17, 15) is 9.59 Å². The van der Waals surface area contributed by atoms with E-state index >= 15 is 0 Å². The second-order valence-corrected chi connectivity index (χ2v) is 4.06. The van der Waals surface area contributed by atoms with Gasteiger partial charge in [-0.25, -0.2) is 0 Å². The molecule has 0 rings (SSSR count). The molecule has 0 unspecified atom stereocenters. The number of carbonyl (C=O) groups excluding carboxylic acids is 2. The van der Waals surface area contributed by atoms with Gasteiger partial charge in [-0.1, -0.05) is 0 Å². The van der Waals surface area contributed by atoms with Crippen LogP contribution in [0.15, 0.2) is 0 Å². The maximum Gasteiger partial charge on any atom is 0.236 e. The van der Waals surface area contributed by atoms with Crippen molar-refractivity contribution < 1.29 is 9.59 Å². The number of hydrogen-bond acceptors (Lipinski definition) is 3. The van der Waals surface area contributed by atoms with Crippen LogP contribution in [-0.4, -0.2) is 60.9 Å². The molecule has 0 spiro atoms. The summed E-state index contributed by atoms with van der Waals surface area (Å²) in [6, 6.07) is 0. The lowest BCUT2D eigenvalue weighted by Crippen LogP contribution is -2.39. The van der Waals surface area contributed by atoms with Crippen LogP contribution in [0.25, 0.3) is 0 Å². The van der Waals surface area contributed by atoms with Crippen molar-refractivity contribution in [2.45, 2.75) is 34.1 Å². The smallest absolute Gasteiger partial charge is 0.236 e. The number of nitrogens with zero attached hydrogens (tertiary/aromatic N) is 2. The Hall–Kier alpha value is -1.10. The van der Waals surface area contributed by atoms with Crippen LogP contribution < -0.4 is 5.32 Å². The van der Waals surface area contributed by atoms with Crippen molar-refractivity contribution in [3.63, 3.8) is 0 Å². The van der Waals surface area contributed by atoms with Crippen LogP contribution in [0.4, 0.5) is 0 Å². The third-order valence-corrected chi connectivity index (χ3v) is 3.02. The van der Waals surface area contributed by atoms with Gasteiger partial charge in [-0.3, -0.25) is 9.59 Å². The first-order valence-electron chi connectivity index (χ1n) is 6.86. The van der Waals surface area contributed by atoms with Gasteiger partial charge >= 0.3 is 0 Å². The summed E-state index contributed by atoms with van der Waals surface area (Å²) in [5, 5.41) is 3.03. The molecule has 1 N–H and O–H groups in total. The molecule has 0 aromatic heterocycles. The van der Waals surface area contributed by atoms with Gasteiger partial charge in [0.2, 0.25) is 11.8 Å². The molecular weight excluding hydrogens is 230 g/mol. The highest BCUT2D eigenvalue weighted by atomic mass is 16.2. The topological polar surface area (TPSA) is 52.7 Å². The Morgan fingerprint density at radius 2 is 1.28 bits per heavy atom. The molecule has 0 aliphatic rings. The Labute approximate surface area is 111 Å². The fourth-order valence-corrected chi connectivity index (χ4v) is 1.81. The monoisotopic (exact) mass is 257 g/mol. The molecule has 0 saturated carbocycles. The average Bonchev–Trinajstić information content (AvgIpc) is 2.37. The van der Waals surface area contributed by atoms with Crippen LogP contribution in [0.3, 0.4) is 0 Å². The number of carbonyl (C=O) groups is 2. The first kappa shape index (κ1) is 16.9. The minimum absolute atomic E-state index is 0.0929. The van der Waals surface area contributed by atoms with Gasteiger partial charge in [0.1, 0.15) is 0 Å². The van der Waals surface area contributed by atoms with Gasteiger partial charge in [0.15, 0.2) is 0 Å². The number of hydrogen-bond donors (Lipinski definition) is 1.